The molecule has 0 bridgehead atoms. The van der Waals surface area contributed by atoms with Crippen LogP contribution in [0.3, 0.4) is 0 Å². The second kappa shape index (κ2) is 7.06. The number of carbonyl (C=O) groups excluding carboxylic acids is 1. The van der Waals surface area contributed by atoms with Gasteiger partial charge in [0.2, 0.25) is 16.9 Å². The van der Waals surface area contributed by atoms with Crippen LogP contribution in [0.25, 0.3) is 22.5 Å². The lowest BCUT2D eigenvalue weighted by molar-refractivity contribution is -0.140. The Balaban J connectivity index is 1.85. The van der Waals surface area contributed by atoms with Gasteiger partial charge in [0, 0.05) is 0 Å². The predicted octanol–water partition coefficient (Wildman–Crippen LogP) is 5.16. The van der Waals surface area contributed by atoms with Crippen LogP contribution >= 0.6 is 0 Å². The van der Waals surface area contributed by atoms with E-state index in [2.05, 4.69) is 0 Å². The molecule has 0 N–H and O–H groups in total. The molecule has 0 spiro atoms. The summed E-state index contributed by atoms with van der Waals surface area (Å²) in [6.07, 6.45) is 6.24. The average Bonchev–Trinajstić information content (AvgIpc) is 3.21. The smallest absolute Gasteiger partial charge is 0.314 e. The maximum absolute atomic E-state index is 13.1. The van der Waals surface area contributed by atoms with Gasteiger partial charge in [0.25, 0.3) is 0 Å². The molecule has 4 rings (SSSR count). The highest BCUT2D eigenvalue weighted by atomic mass is 16.5. The van der Waals surface area contributed by atoms with Crippen LogP contribution < -0.4 is 10.2 Å². The minimum absolute atomic E-state index is 0.0868. The lowest BCUT2D eigenvalue weighted by atomic mass is 9.89. The van der Waals surface area contributed by atoms with E-state index in [0.29, 0.717) is 16.7 Å². The first-order valence-corrected chi connectivity index (χ1v) is 9.38. The van der Waals surface area contributed by atoms with E-state index >= 15 is 0 Å². The van der Waals surface area contributed by atoms with Gasteiger partial charge in [0.1, 0.15) is 5.58 Å². The second-order valence-electron chi connectivity index (χ2n) is 7.26. The third kappa shape index (κ3) is 3.29. The van der Waals surface area contributed by atoms with Crippen molar-refractivity contribution >= 4 is 16.9 Å². The molecular weight excluding hydrogens is 344 g/mol. The van der Waals surface area contributed by atoms with Crippen LogP contribution in [-0.4, -0.2) is 5.97 Å². The maximum Gasteiger partial charge on any atom is 0.314 e. The maximum atomic E-state index is 13.1. The highest BCUT2D eigenvalue weighted by Gasteiger charge is 2.27. The Morgan fingerprint density at radius 1 is 1.11 bits per heavy atom. The monoisotopic (exact) mass is 366 g/mol. The third-order valence-electron chi connectivity index (χ3n) is 5.35. The first kappa shape index (κ1) is 17.6. The summed E-state index contributed by atoms with van der Waals surface area (Å²) in [4.78, 5) is 25.8. The third-order valence-corrected chi connectivity index (χ3v) is 5.35. The molecule has 0 unspecified atom stereocenters. The van der Waals surface area contributed by atoms with E-state index in [4.69, 9.17) is 13.6 Å². The molecule has 1 saturated carbocycles. The van der Waals surface area contributed by atoms with Crippen molar-refractivity contribution in [2.75, 3.05) is 0 Å². The molecule has 27 heavy (non-hydrogen) atoms. The van der Waals surface area contributed by atoms with E-state index in [1.807, 2.05) is 19.9 Å². The summed E-state index contributed by atoms with van der Waals surface area (Å²) in [5, 5.41) is 0.403. The van der Waals surface area contributed by atoms with E-state index in [9.17, 15) is 9.59 Å². The van der Waals surface area contributed by atoms with E-state index in [1.165, 1.54) is 6.26 Å². The Hall–Kier alpha value is -2.82. The highest BCUT2D eigenvalue weighted by molar-refractivity contribution is 5.85. The summed E-state index contributed by atoms with van der Waals surface area (Å²) in [6.45, 7) is 3.89. The second-order valence-corrected chi connectivity index (χ2v) is 7.26. The predicted molar refractivity (Wildman–Crippen MR) is 102 cm³/mol. The zero-order chi connectivity index (χ0) is 19.0. The zero-order valence-electron chi connectivity index (χ0n) is 15.5. The van der Waals surface area contributed by atoms with Crippen LogP contribution in [0.1, 0.15) is 43.2 Å². The number of hydrogen-bond acceptors (Lipinski definition) is 5. The Bertz CT molecular complexity index is 1040. The number of furan rings is 1. The lowest BCUT2D eigenvalue weighted by Crippen LogP contribution is -2.25. The molecular formula is C22H22O5. The van der Waals surface area contributed by atoms with E-state index in [-0.39, 0.29) is 28.8 Å². The van der Waals surface area contributed by atoms with Gasteiger partial charge in [-0.15, -0.1) is 0 Å². The number of esters is 1. The fraction of sp³-hybridized carbons (Fsp3) is 0.364. The molecule has 5 heteroatoms. The van der Waals surface area contributed by atoms with Crippen molar-refractivity contribution in [1.82, 2.24) is 0 Å². The first-order valence-electron chi connectivity index (χ1n) is 9.38. The SMILES string of the molecule is Cc1cc2oc(-c3ccco3)c(OC(=O)C3CCCCC3)c(=O)c2cc1C. The van der Waals surface area contributed by atoms with Gasteiger partial charge in [-0.25, -0.2) is 0 Å². The summed E-state index contributed by atoms with van der Waals surface area (Å²) < 4.78 is 17.0. The molecule has 3 aromatic rings. The van der Waals surface area contributed by atoms with Crippen LogP contribution in [-0.2, 0) is 4.79 Å². The van der Waals surface area contributed by atoms with Gasteiger partial charge in [0.05, 0.1) is 17.6 Å². The fourth-order valence-electron chi connectivity index (χ4n) is 3.62. The summed E-state index contributed by atoms with van der Waals surface area (Å²) >= 11 is 0. The summed E-state index contributed by atoms with van der Waals surface area (Å²) in [5.41, 5.74) is 2.09. The first-order chi connectivity index (χ1) is 13.0. The molecule has 1 fully saturated rings. The molecule has 2 heterocycles. The summed E-state index contributed by atoms with van der Waals surface area (Å²) in [7, 11) is 0. The van der Waals surface area contributed by atoms with Crippen LogP contribution in [0.15, 0.2) is 44.2 Å². The standard InChI is InChI=1S/C22H22O5/c1-13-11-16-18(12-14(13)2)26-20(17-9-6-10-25-17)21(19(16)23)27-22(24)15-7-4-3-5-8-15/h6,9-12,15H,3-5,7-8H2,1-2H3. The number of carbonyl (C=O) groups is 1. The highest BCUT2D eigenvalue weighted by Crippen LogP contribution is 2.33. The van der Waals surface area contributed by atoms with E-state index in [1.54, 1.807) is 18.2 Å². The molecule has 0 aliphatic heterocycles. The number of rotatable bonds is 3. The lowest BCUT2D eigenvalue weighted by Gasteiger charge is -2.20. The van der Waals surface area contributed by atoms with Gasteiger partial charge >= 0.3 is 5.97 Å². The van der Waals surface area contributed by atoms with Crippen molar-refractivity contribution in [3.8, 4) is 17.3 Å². The van der Waals surface area contributed by atoms with Crippen molar-refractivity contribution in [3.05, 3.63) is 51.9 Å². The summed E-state index contributed by atoms with van der Waals surface area (Å²) in [5.74, 6) is -0.101. The van der Waals surface area contributed by atoms with Crippen molar-refractivity contribution in [3.63, 3.8) is 0 Å². The van der Waals surface area contributed by atoms with Gasteiger partial charge in [-0.2, -0.15) is 0 Å². The van der Waals surface area contributed by atoms with Gasteiger partial charge < -0.3 is 13.6 Å². The van der Waals surface area contributed by atoms with Gasteiger partial charge in [-0.05, 0) is 62.1 Å². The molecule has 0 radical (unpaired) electrons. The number of aryl methyl sites for hydroxylation is 2. The van der Waals surface area contributed by atoms with Crippen molar-refractivity contribution in [1.29, 1.82) is 0 Å². The van der Waals surface area contributed by atoms with Gasteiger partial charge in [-0.3, -0.25) is 9.59 Å². The van der Waals surface area contributed by atoms with Crippen LogP contribution in [0.4, 0.5) is 0 Å². The molecule has 2 aromatic heterocycles. The van der Waals surface area contributed by atoms with Gasteiger partial charge in [0.15, 0.2) is 5.76 Å². The Morgan fingerprint density at radius 3 is 2.56 bits per heavy atom. The number of benzene rings is 1. The number of hydrogen-bond donors (Lipinski definition) is 0. The number of ether oxygens (including phenoxy) is 1. The van der Waals surface area contributed by atoms with Crippen molar-refractivity contribution < 1.29 is 18.4 Å². The normalized spacial score (nSPS) is 15.2. The largest absolute Gasteiger partial charge is 0.461 e. The van der Waals surface area contributed by atoms with Crippen LogP contribution in [0, 0.1) is 19.8 Å². The van der Waals surface area contributed by atoms with E-state index in [0.717, 1.165) is 43.2 Å². The molecule has 1 aliphatic carbocycles. The molecule has 140 valence electrons. The molecule has 1 aliphatic rings. The summed E-state index contributed by atoms with van der Waals surface area (Å²) in [6, 6.07) is 6.99. The Kier molecular flexibility index (Phi) is 4.60. The quantitative estimate of drug-likeness (QED) is 0.599. The Morgan fingerprint density at radius 2 is 1.85 bits per heavy atom. The van der Waals surface area contributed by atoms with Crippen LogP contribution in [0.2, 0.25) is 0 Å². The molecule has 0 saturated heterocycles. The minimum Gasteiger partial charge on any atom is -0.461 e. The van der Waals surface area contributed by atoms with E-state index < -0.39 is 0 Å². The zero-order valence-corrected chi connectivity index (χ0v) is 15.5. The molecule has 0 atom stereocenters. The Labute approximate surface area is 156 Å². The fourth-order valence-corrected chi connectivity index (χ4v) is 3.62. The molecule has 1 aromatic carbocycles. The number of fused-ring (bicyclic) bond motifs is 1. The average molecular weight is 366 g/mol. The van der Waals surface area contributed by atoms with Crippen LogP contribution in [0.5, 0.6) is 5.75 Å². The molecule has 5 nitrogen and oxygen atoms in total. The molecule has 0 amide bonds. The van der Waals surface area contributed by atoms with Gasteiger partial charge in [-0.1, -0.05) is 19.3 Å². The van der Waals surface area contributed by atoms with Crippen molar-refractivity contribution in [2.24, 2.45) is 5.92 Å². The minimum atomic E-state index is -0.363. The topological polar surface area (TPSA) is 69.7 Å². The van der Waals surface area contributed by atoms with Crippen molar-refractivity contribution in [2.45, 2.75) is 46.0 Å².